The lowest BCUT2D eigenvalue weighted by molar-refractivity contribution is -0.115. The van der Waals surface area contributed by atoms with Crippen LogP contribution >= 0.6 is 0 Å². The molecule has 0 aromatic heterocycles. The summed E-state index contributed by atoms with van der Waals surface area (Å²) in [7, 11) is -3.29. The van der Waals surface area contributed by atoms with Gasteiger partial charge < -0.3 is 14.8 Å². The van der Waals surface area contributed by atoms with E-state index in [9.17, 15) is 22.0 Å². The molecule has 1 fully saturated rings. The predicted molar refractivity (Wildman–Crippen MR) is 137 cm³/mol. The molecule has 1 aliphatic rings. The van der Waals surface area contributed by atoms with E-state index in [1.165, 1.54) is 24.3 Å². The zero-order chi connectivity index (χ0) is 26.5. The van der Waals surface area contributed by atoms with Crippen molar-refractivity contribution < 1.29 is 31.5 Å². The third kappa shape index (κ3) is 6.34. The maximum atomic E-state index is 13.9. The third-order valence-corrected chi connectivity index (χ3v) is 8.25. The zero-order valence-electron chi connectivity index (χ0n) is 20.5. The van der Waals surface area contributed by atoms with Crippen LogP contribution in [0, 0.1) is 5.82 Å². The number of amides is 1. The van der Waals surface area contributed by atoms with Gasteiger partial charge in [-0.2, -0.15) is 0 Å². The van der Waals surface area contributed by atoms with E-state index in [4.69, 9.17) is 9.47 Å². The number of anilines is 1. The number of nitrogens with one attached hydrogen (secondary N) is 1. The van der Waals surface area contributed by atoms with Crippen molar-refractivity contribution in [1.29, 1.82) is 0 Å². The van der Waals surface area contributed by atoms with Crippen molar-refractivity contribution in [3.05, 3.63) is 89.2 Å². The molecule has 0 aliphatic carbocycles. The standard InChI is InChI=1S/C28H29F2NO5S/c1-2-37(33,34)25-10-3-20(4-11-25)17-27(32)31-23-6-8-24(9-7-23)36-28(13-15-35-16-14-28)22-5-12-26(30)21(18-22)19-29/h3-12,18H,2,13-17,19H2,1H3,(H,31,32). The molecule has 0 radical (unpaired) electrons. The van der Waals surface area contributed by atoms with E-state index >= 15 is 0 Å². The first-order valence-corrected chi connectivity index (χ1v) is 13.7. The lowest BCUT2D eigenvalue weighted by Crippen LogP contribution is -2.39. The average Bonchev–Trinajstić information content (AvgIpc) is 2.91. The fourth-order valence-electron chi connectivity index (χ4n) is 4.32. The van der Waals surface area contributed by atoms with Gasteiger partial charge >= 0.3 is 0 Å². The molecule has 1 heterocycles. The van der Waals surface area contributed by atoms with E-state index in [1.807, 2.05) is 0 Å². The Balaban J connectivity index is 1.43. The van der Waals surface area contributed by atoms with E-state index in [0.29, 0.717) is 48.6 Å². The number of halogens is 2. The molecule has 9 heteroatoms. The van der Waals surface area contributed by atoms with Crippen LogP contribution < -0.4 is 10.1 Å². The number of rotatable bonds is 9. The lowest BCUT2D eigenvalue weighted by atomic mass is 9.85. The molecule has 1 N–H and O–H groups in total. The second kappa shape index (κ2) is 11.4. The minimum absolute atomic E-state index is 0.00773. The number of alkyl halides is 1. The van der Waals surface area contributed by atoms with Gasteiger partial charge in [0.1, 0.15) is 23.8 Å². The van der Waals surface area contributed by atoms with E-state index in [2.05, 4.69) is 5.32 Å². The Morgan fingerprint density at radius 2 is 1.70 bits per heavy atom. The molecule has 6 nitrogen and oxygen atoms in total. The van der Waals surface area contributed by atoms with Crippen molar-refractivity contribution >= 4 is 21.4 Å². The number of carbonyl (C=O) groups is 1. The fraction of sp³-hybridized carbons (Fsp3) is 0.321. The summed E-state index contributed by atoms with van der Waals surface area (Å²) in [6.45, 7) is 1.61. The molecule has 37 heavy (non-hydrogen) atoms. The quantitative estimate of drug-likeness (QED) is 0.404. The molecule has 196 valence electrons. The first-order valence-electron chi connectivity index (χ1n) is 12.1. The maximum absolute atomic E-state index is 13.9. The molecule has 0 unspecified atom stereocenters. The summed E-state index contributed by atoms with van der Waals surface area (Å²) >= 11 is 0. The molecule has 0 spiro atoms. The topological polar surface area (TPSA) is 81.7 Å². The van der Waals surface area contributed by atoms with E-state index in [-0.39, 0.29) is 28.5 Å². The van der Waals surface area contributed by atoms with Gasteiger partial charge in [0.15, 0.2) is 9.84 Å². The first kappa shape index (κ1) is 26.8. The van der Waals surface area contributed by atoms with Crippen LogP contribution in [-0.4, -0.2) is 33.3 Å². The summed E-state index contributed by atoms with van der Waals surface area (Å²) in [5.41, 5.74) is 1.18. The van der Waals surface area contributed by atoms with E-state index in [1.54, 1.807) is 49.4 Å². The van der Waals surface area contributed by atoms with Crippen LogP contribution in [-0.2, 0) is 38.1 Å². The second-order valence-electron chi connectivity index (χ2n) is 8.95. The van der Waals surface area contributed by atoms with Crippen molar-refractivity contribution in [2.45, 2.75) is 43.4 Å². The number of sulfone groups is 1. The second-order valence-corrected chi connectivity index (χ2v) is 11.2. The Labute approximate surface area is 215 Å². The van der Waals surface area contributed by atoms with Crippen molar-refractivity contribution in [3.8, 4) is 5.75 Å². The smallest absolute Gasteiger partial charge is 0.228 e. The molecule has 4 rings (SSSR count). The van der Waals surface area contributed by atoms with Crippen LogP contribution in [0.2, 0.25) is 0 Å². The van der Waals surface area contributed by atoms with Crippen LogP contribution in [0.3, 0.4) is 0 Å². The van der Waals surface area contributed by atoms with Crippen LogP contribution in [0.4, 0.5) is 14.5 Å². The molecule has 0 bridgehead atoms. The fourth-order valence-corrected chi connectivity index (χ4v) is 5.20. The summed E-state index contributed by atoms with van der Waals surface area (Å²) in [4.78, 5) is 12.7. The number of benzene rings is 3. The normalized spacial score (nSPS) is 15.2. The largest absolute Gasteiger partial charge is 0.482 e. The Bertz CT molecular complexity index is 1340. The summed E-state index contributed by atoms with van der Waals surface area (Å²) in [5, 5.41) is 2.82. The van der Waals surface area contributed by atoms with Gasteiger partial charge in [-0.05, 0) is 59.7 Å². The maximum Gasteiger partial charge on any atom is 0.228 e. The molecule has 1 aliphatic heterocycles. The summed E-state index contributed by atoms with van der Waals surface area (Å²) in [6, 6.07) is 17.6. The number of hydrogen-bond acceptors (Lipinski definition) is 5. The lowest BCUT2D eigenvalue weighted by Gasteiger charge is -2.38. The van der Waals surface area contributed by atoms with Gasteiger partial charge in [-0.15, -0.1) is 0 Å². The highest BCUT2D eigenvalue weighted by molar-refractivity contribution is 7.91. The SMILES string of the molecule is CCS(=O)(=O)c1ccc(CC(=O)Nc2ccc(OC3(c4ccc(F)c(CF)c4)CCOCC3)cc2)cc1. The Kier molecular flexibility index (Phi) is 8.24. The molecule has 0 atom stereocenters. The molecular weight excluding hydrogens is 500 g/mol. The van der Waals surface area contributed by atoms with Gasteiger partial charge in [0.05, 0.1) is 30.3 Å². The Morgan fingerprint density at radius 1 is 1.03 bits per heavy atom. The van der Waals surface area contributed by atoms with Gasteiger partial charge in [-0.3, -0.25) is 4.79 Å². The number of ether oxygens (including phenoxy) is 2. The summed E-state index contributed by atoms with van der Waals surface area (Å²) in [6.07, 6.45) is 1.15. The van der Waals surface area contributed by atoms with Crippen molar-refractivity contribution in [2.75, 3.05) is 24.3 Å². The molecule has 1 saturated heterocycles. The third-order valence-electron chi connectivity index (χ3n) is 6.49. The molecule has 3 aromatic carbocycles. The highest BCUT2D eigenvalue weighted by Crippen LogP contribution is 2.38. The van der Waals surface area contributed by atoms with Gasteiger partial charge in [0, 0.05) is 24.1 Å². The van der Waals surface area contributed by atoms with Crippen molar-refractivity contribution in [2.24, 2.45) is 0 Å². The summed E-state index contributed by atoms with van der Waals surface area (Å²) < 4.78 is 63.0. The first-order chi connectivity index (χ1) is 17.7. The molecule has 1 amide bonds. The van der Waals surface area contributed by atoms with Crippen molar-refractivity contribution in [1.82, 2.24) is 0 Å². The van der Waals surface area contributed by atoms with Crippen molar-refractivity contribution in [3.63, 3.8) is 0 Å². The average molecular weight is 530 g/mol. The van der Waals surface area contributed by atoms with Crippen LogP contribution in [0.5, 0.6) is 5.75 Å². The zero-order valence-corrected chi connectivity index (χ0v) is 21.3. The highest BCUT2D eigenvalue weighted by Gasteiger charge is 2.37. The van der Waals surface area contributed by atoms with Gasteiger partial charge in [0.2, 0.25) is 5.91 Å². The molecule has 3 aromatic rings. The molecule has 0 saturated carbocycles. The van der Waals surface area contributed by atoms with Crippen LogP contribution in [0.25, 0.3) is 0 Å². The molecular formula is C28H29F2NO5S. The number of carbonyl (C=O) groups excluding carboxylic acids is 1. The highest BCUT2D eigenvalue weighted by atomic mass is 32.2. The van der Waals surface area contributed by atoms with Gasteiger partial charge in [-0.1, -0.05) is 25.1 Å². The summed E-state index contributed by atoms with van der Waals surface area (Å²) in [5.74, 6) is -0.260. The minimum Gasteiger partial charge on any atom is -0.482 e. The van der Waals surface area contributed by atoms with Crippen LogP contribution in [0.1, 0.15) is 36.5 Å². The monoisotopic (exact) mass is 529 g/mol. The minimum atomic E-state index is -3.29. The van der Waals surface area contributed by atoms with Gasteiger partial charge in [-0.25, -0.2) is 17.2 Å². The van der Waals surface area contributed by atoms with E-state index in [0.717, 1.165) is 0 Å². The number of hydrogen-bond donors (Lipinski definition) is 1. The predicted octanol–water partition coefficient (Wildman–Crippen LogP) is 5.35. The Hall–Kier alpha value is -3.30. The Morgan fingerprint density at radius 3 is 2.32 bits per heavy atom. The van der Waals surface area contributed by atoms with Crippen LogP contribution in [0.15, 0.2) is 71.6 Å². The van der Waals surface area contributed by atoms with E-state index < -0.39 is 27.9 Å². The van der Waals surface area contributed by atoms with Gasteiger partial charge in [0.25, 0.3) is 0 Å².